The smallest absolute Gasteiger partial charge is 0.195 e. The van der Waals surface area contributed by atoms with Gasteiger partial charge in [0.2, 0.25) is 0 Å². The van der Waals surface area contributed by atoms with Gasteiger partial charge in [-0.25, -0.2) is 0 Å². The molecule has 0 bridgehead atoms. The summed E-state index contributed by atoms with van der Waals surface area (Å²) in [5, 5.41) is 0.741. The number of hydrogen-bond donors (Lipinski definition) is 0. The number of benzene rings is 2. The van der Waals surface area contributed by atoms with Gasteiger partial charge in [-0.3, -0.25) is 4.79 Å². The fourth-order valence-electron chi connectivity index (χ4n) is 3.60. The minimum Gasteiger partial charge on any atom is -0.496 e. The molecule has 0 fully saturated rings. The molecule has 0 spiro atoms. The summed E-state index contributed by atoms with van der Waals surface area (Å²) in [6.45, 7) is 8.69. The molecule has 0 radical (unpaired) electrons. The van der Waals surface area contributed by atoms with Crippen LogP contribution >= 0.6 is 38.9 Å². The first-order valence-corrected chi connectivity index (χ1v) is 13.3. The summed E-state index contributed by atoms with van der Waals surface area (Å²) < 4.78 is 12.8. The summed E-state index contributed by atoms with van der Waals surface area (Å²) in [6, 6.07) is 11.7. The molecule has 1 aromatic heterocycles. The van der Waals surface area contributed by atoms with Gasteiger partial charge in [-0.2, -0.15) is 0 Å². The maximum absolute atomic E-state index is 12.7. The van der Waals surface area contributed by atoms with E-state index in [1.54, 1.807) is 24.5 Å². The molecule has 34 heavy (non-hydrogen) atoms. The Bertz CT molecular complexity index is 1200. The third kappa shape index (κ3) is 6.53. The number of ketones is 1. The summed E-state index contributed by atoms with van der Waals surface area (Å²) in [6.07, 6.45) is 5.48. The molecule has 0 aliphatic carbocycles. The molecule has 6 heteroatoms. The predicted octanol–water partition coefficient (Wildman–Crippen LogP) is 9.03. The number of thiophene rings is 1. The van der Waals surface area contributed by atoms with Gasteiger partial charge >= 0.3 is 0 Å². The van der Waals surface area contributed by atoms with E-state index in [0.29, 0.717) is 6.61 Å². The Morgan fingerprint density at radius 2 is 1.94 bits per heavy atom. The normalized spacial score (nSPS) is 11.4. The van der Waals surface area contributed by atoms with Crippen LogP contribution in [0.2, 0.25) is 5.02 Å². The monoisotopic (exact) mass is 560 g/mol. The maximum Gasteiger partial charge on any atom is 0.195 e. The Balaban J connectivity index is 1.79. The lowest BCUT2D eigenvalue weighted by Crippen LogP contribution is -2.03. The van der Waals surface area contributed by atoms with Crippen LogP contribution in [0.3, 0.4) is 0 Å². The first-order valence-electron chi connectivity index (χ1n) is 11.3. The van der Waals surface area contributed by atoms with Crippen molar-refractivity contribution in [1.82, 2.24) is 0 Å². The van der Waals surface area contributed by atoms with Gasteiger partial charge in [-0.1, -0.05) is 50.9 Å². The molecule has 0 unspecified atom stereocenters. The average molecular weight is 562 g/mol. The quantitative estimate of drug-likeness (QED) is 0.183. The molecular weight excluding hydrogens is 532 g/mol. The molecule has 0 N–H and O–H groups in total. The lowest BCUT2D eigenvalue weighted by molar-refractivity contribution is 0.105. The van der Waals surface area contributed by atoms with Crippen molar-refractivity contribution in [3.05, 3.63) is 84.0 Å². The fraction of sp³-hybridized carbons (Fsp3) is 0.321. The van der Waals surface area contributed by atoms with Crippen molar-refractivity contribution in [2.75, 3.05) is 7.11 Å². The van der Waals surface area contributed by atoms with Crippen LogP contribution in [0.1, 0.15) is 69.9 Å². The summed E-state index contributed by atoms with van der Waals surface area (Å²) in [4.78, 5) is 14.7. The van der Waals surface area contributed by atoms with E-state index in [0.717, 1.165) is 61.0 Å². The van der Waals surface area contributed by atoms with Gasteiger partial charge in [0.15, 0.2) is 5.78 Å². The van der Waals surface area contributed by atoms with Gasteiger partial charge in [-0.05, 0) is 88.3 Å². The number of hydrogen-bond acceptors (Lipinski definition) is 4. The molecule has 0 aliphatic rings. The number of ether oxygens (including phenoxy) is 2. The molecule has 0 saturated heterocycles. The number of methoxy groups -OCH3 is 1. The van der Waals surface area contributed by atoms with E-state index in [1.807, 2.05) is 49.4 Å². The van der Waals surface area contributed by atoms with Crippen molar-refractivity contribution in [1.29, 1.82) is 0 Å². The van der Waals surface area contributed by atoms with E-state index < -0.39 is 0 Å². The van der Waals surface area contributed by atoms with Crippen LogP contribution in [0.15, 0.2) is 46.9 Å². The highest BCUT2D eigenvalue weighted by atomic mass is 79.9. The van der Waals surface area contributed by atoms with Crippen LogP contribution in [0, 0.1) is 6.92 Å². The second-order valence-corrected chi connectivity index (χ2v) is 10.9. The van der Waals surface area contributed by atoms with Gasteiger partial charge in [0, 0.05) is 19.9 Å². The molecule has 0 amide bonds. The molecule has 2 aromatic carbocycles. The van der Waals surface area contributed by atoms with Gasteiger partial charge in [0.25, 0.3) is 0 Å². The van der Waals surface area contributed by atoms with Gasteiger partial charge in [-0.15, -0.1) is 11.3 Å². The Labute approximate surface area is 219 Å². The molecule has 0 aliphatic heterocycles. The molecule has 180 valence electrons. The fourth-order valence-corrected chi connectivity index (χ4v) is 5.66. The molecular formula is C28H30BrClO3S. The van der Waals surface area contributed by atoms with Crippen LogP contribution in [0.25, 0.3) is 6.08 Å². The van der Waals surface area contributed by atoms with Crippen molar-refractivity contribution in [3.63, 3.8) is 0 Å². The zero-order valence-corrected chi connectivity index (χ0v) is 23.4. The standard InChI is InChI=1S/C28H30BrClO3S/c1-6-7-27-22(29)15-28(34-27)24(31)10-8-19-9-11-25(32-5)20(13-19)16-33-26-12-18(4)23(30)14-21(26)17(2)3/h8-15,17H,6-7,16H2,1-5H3/b10-8+. The third-order valence-electron chi connectivity index (χ3n) is 5.51. The highest BCUT2D eigenvalue weighted by Gasteiger charge is 2.14. The summed E-state index contributed by atoms with van der Waals surface area (Å²) in [5.74, 6) is 1.85. The highest BCUT2D eigenvalue weighted by molar-refractivity contribution is 9.10. The Morgan fingerprint density at radius 3 is 2.62 bits per heavy atom. The van der Waals surface area contributed by atoms with Crippen LogP contribution < -0.4 is 9.47 Å². The number of rotatable bonds is 10. The lowest BCUT2D eigenvalue weighted by atomic mass is 10.0. The minimum absolute atomic E-state index is 0.000106. The third-order valence-corrected chi connectivity index (χ3v) is 8.09. The van der Waals surface area contributed by atoms with Crippen molar-refractivity contribution < 1.29 is 14.3 Å². The van der Waals surface area contributed by atoms with E-state index in [9.17, 15) is 4.79 Å². The van der Waals surface area contributed by atoms with Crippen molar-refractivity contribution in [3.8, 4) is 11.5 Å². The topological polar surface area (TPSA) is 35.5 Å². The van der Waals surface area contributed by atoms with E-state index in [1.165, 1.54) is 4.88 Å². The molecule has 3 nitrogen and oxygen atoms in total. The number of allylic oxidation sites excluding steroid dienone is 1. The number of carbonyl (C=O) groups is 1. The molecule has 0 atom stereocenters. The van der Waals surface area contributed by atoms with Crippen LogP contribution in [0.4, 0.5) is 0 Å². The second-order valence-electron chi connectivity index (χ2n) is 8.48. The zero-order chi connectivity index (χ0) is 24.8. The largest absolute Gasteiger partial charge is 0.496 e. The Hall–Kier alpha value is -2.08. The Morgan fingerprint density at radius 1 is 1.18 bits per heavy atom. The summed E-state index contributed by atoms with van der Waals surface area (Å²) in [7, 11) is 1.65. The van der Waals surface area contributed by atoms with Gasteiger partial charge in [0.1, 0.15) is 18.1 Å². The SMILES string of the molecule is CCCc1sc(C(=O)/C=C/c2ccc(OC)c(COc3cc(C)c(Cl)cc3C(C)C)c2)cc1Br. The van der Waals surface area contributed by atoms with Crippen LogP contribution in [0.5, 0.6) is 11.5 Å². The first-order chi connectivity index (χ1) is 16.2. The molecule has 0 saturated carbocycles. The first kappa shape index (κ1) is 26.5. The zero-order valence-electron chi connectivity index (χ0n) is 20.2. The van der Waals surface area contributed by atoms with Gasteiger partial charge in [0.05, 0.1) is 12.0 Å². The number of aryl methyl sites for hydroxylation is 2. The molecule has 1 heterocycles. The molecule has 3 rings (SSSR count). The highest BCUT2D eigenvalue weighted by Crippen LogP contribution is 2.33. The van der Waals surface area contributed by atoms with Crippen molar-refractivity contribution >= 4 is 50.7 Å². The van der Waals surface area contributed by atoms with E-state index in [2.05, 4.69) is 36.7 Å². The van der Waals surface area contributed by atoms with Crippen molar-refractivity contribution in [2.45, 2.75) is 53.1 Å². The minimum atomic E-state index is -0.000106. The van der Waals surface area contributed by atoms with E-state index >= 15 is 0 Å². The van der Waals surface area contributed by atoms with E-state index in [-0.39, 0.29) is 11.7 Å². The maximum atomic E-state index is 12.7. The molecule has 3 aromatic rings. The second kappa shape index (κ2) is 12.1. The Kier molecular flexibility index (Phi) is 9.40. The number of halogens is 2. The van der Waals surface area contributed by atoms with Crippen LogP contribution in [-0.2, 0) is 13.0 Å². The number of carbonyl (C=O) groups excluding carboxylic acids is 1. The van der Waals surface area contributed by atoms with Crippen molar-refractivity contribution in [2.24, 2.45) is 0 Å². The van der Waals surface area contributed by atoms with Crippen LogP contribution in [-0.4, -0.2) is 12.9 Å². The average Bonchev–Trinajstić information content (AvgIpc) is 3.18. The summed E-state index contributed by atoms with van der Waals surface area (Å²) in [5.41, 5.74) is 3.86. The summed E-state index contributed by atoms with van der Waals surface area (Å²) >= 11 is 11.4. The van der Waals surface area contributed by atoms with Gasteiger partial charge < -0.3 is 9.47 Å². The lowest BCUT2D eigenvalue weighted by Gasteiger charge is -2.17. The van der Waals surface area contributed by atoms with E-state index in [4.69, 9.17) is 21.1 Å². The predicted molar refractivity (Wildman–Crippen MR) is 147 cm³/mol.